The number of aryl methyl sites for hydroxylation is 2. The second-order valence-corrected chi connectivity index (χ2v) is 3.50. The number of benzene rings is 1. The summed E-state index contributed by atoms with van der Waals surface area (Å²) in [6.45, 7) is 0. The Morgan fingerprint density at radius 2 is 1.93 bits per heavy atom. The van der Waals surface area contributed by atoms with E-state index in [0.717, 1.165) is 18.5 Å². The molecule has 1 aliphatic carbocycles. The lowest BCUT2D eigenvalue weighted by Crippen LogP contribution is -2.05. The minimum absolute atomic E-state index is 1.04. The number of aromatic nitrogens is 2. The molecule has 2 nitrogen and oxygen atoms in total. The lowest BCUT2D eigenvalue weighted by Gasteiger charge is -2.17. The molecule has 0 saturated carbocycles. The molecular weight excluding hydrogens is 172 g/mol. The Morgan fingerprint density at radius 3 is 2.93 bits per heavy atom. The highest BCUT2D eigenvalue weighted by molar-refractivity contribution is 5.68. The summed E-state index contributed by atoms with van der Waals surface area (Å²) in [7, 11) is 0. The van der Waals surface area contributed by atoms with Crippen LogP contribution >= 0.6 is 0 Å². The van der Waals surface area contributed by atoms with Crippen LogP contribution in [0.15, 0.2) is 30.5 Å². The van der Waals surface area contributed by atoms with Gasteiger partial charge in [0.1, 0.15) is 0 Å². The summed E-state index contributed by atoms with van der Waals surface area (Å²) in [6.07, 6.45) is 6.67. The molecule has 67 valence electrons. The summed E-state index contributed by atoms with van der Waals surface area (Å²) in [4.78, 5) is 8.16. The minimum atomic E-state index is 1.04. The van der Waals surface area contributed by atoms with Crippen LogP contribution in [0.5, 0.6) is 0 Å². The van der Waals surface area contributed by atoms with Crippen LogP contribution in [0.3, 0.4) is 0 Å². The van der Waals surface area contributed by atoms with Gasteiger partial charge >= 0.3 is 0 Å². The van der Waals surface area contributed by atoms with E-state index in [-0.39, 0.29) is 0 Å². The number of nitrogens with zero attached hydrogens (tertiary/aromatic N) is 2. The van der Waals surface area contributed by atoms with Crippen molar-refractivity contribution in [2.75, 3.05) is 0 Å². The Balaban J connectivity index is 2.29. The van der Waals surface area contributed by atoms with Crippen LogP contribution in [0.2, 0.25) is 0 Å². The van der Waals surface area contributed by atoms with Crippen molar-refractivity contribution in [2.45, 2.75) is 12.8 Å². The first-order chi connectivity index (χ1) is 6.95. The van der Waals surface area contributed by atoms with Crippen LogP contribution in [-0.4, -0.2) is 9.97 Å². The molecule has 3 rings (SSSR count). The van der Waals surface area contributed by atoms with Crippen LogP contribution in [0.4, 0.5) is 0 Å². The summed E-state index contributed by atoms with van der Waals surface area (Å²) in [5.74, 6) is 0. The fourth-order valence-electron chi connectivity index (χ4n) is 1.97. The highest BCUT2D eigenvalue weighted by Gasteiger charge is 2.15. The van der Waals surface area contributed by atoms with E-state index in [1.54, 1.807) is 0 Å². The second-order valence-electron chi connectivity index (χ2n) is 3.50. The van der Waals surface area contributed by atoms with E-state index in [9.17, 15) is 0 Å². The van der Waals surface area contributed by atoms with E-state index < -0.39 is 0 Å². The molecule has 0 saturated heterocycles. The molecule has 14 heavy (non-hydrogen) atoms. The van der Waals surface area contributed by atoms with Crippen molar-refractivity contribution < 1.29 is 0 Å². The predicted molar refractivity (Wildman–Crippen MR) is 53.7 cm³/mol. The zero-order valence-electron chi connectivity index (χ0n) is 7.70. The van der Waals surface area contributed by atoms with E-state index in [1.165, 1.54) is 16.7 Å². The van der Waals surface area contributed by atoms with Crippen molar-refractivity contribution in [3.05, 3.63) is 47.9 Å². The van der Waals surface area contributed by atoms with Crippen molar-refractivity contribution in [2.24, 2.45) is 0 Å². The van der Waals surface area contributed by atoms with Gasteiger partial charge in [-0.2, -0.15) is 0 Å². The van der Waals surface area contributed by atoms with Crippen molar-refractivity contribution in [1.29, 1.82) is 0 Å². The van der Waals surface area contributed by atoms with Gasteiger partial charge in [0.15, 0.2) is 6.33 Å². The van der Waals surface area contributed by atoms with Gasteiger partial charge in [-0.25, -0.2) is 9.97 Å². The lowest BCUT2D eigenvalue weighted by atomic mass is 9.90. The number of rotatable bonds is 0. The molecule has 0 fully saturated rings. The fraction of sp³-hybridized carbons (Fsp3) is 0.167. The highest BCUT2D eigenvalue weighted by atomic mass is 14.8. The molecule has 1 aliphatic rings. The van der Waals surface area contributed by atoms with E-state index in [1.807, 2.05) is 6.20 Å². The Morgan fingerprint density at radius 1 is 1.07 bits per heavy atom. The zero-order valence-corrected chi connectivity index (χ0v) is 7.70. The summed E-state index contributed by atoms with van der Waals surface area (Å²) in [5.41, 5.74) is 4.92. The van der Waals surface area contributed by atoms with Crippen molar-refractivity contribution in [3.8, 4) is 11.3 Å². The third-order valence-electron chi connectivity index (χ3n) is 2.68. The number of hydrogen-bond acceptors (Lipinski definition) is 2. The smallest absolute Gasteiger partial charge is 0.198 e. The molecule has 2 heteroatoms. The first-order valence-corrected chi connectivity index (χ1v) is 4.75. The molecule has 1 aromatic carbocycles. The molecule has 1 radical (unpaired) electrons. The third-order valence-corrected chi connectivity index (χ3v) is 2.68. The van der Waals surface area contributed by atoms with Crippen LogP contribution in [0.25, 0.3) is 11.3 Å². The summed E-state index contributed by atoms with van der Waals surface area (Å²) in [6, 6.07) is 8.42. The molecule has 0 unspecified atom stereocenters. The van der Waals surface area contributed by atoms with Gasteiger partial charge in [-0.15, -0.1) is 0 Å². The lowest BCUT2D eigenvalue weighted by molar-refractivity contribution is 0.908. The molecule has 0 amide bonds. The number of hydrogen-bond donors (Lipinski definition) is 0. The highest BCUT2D eigenvalue weighted by Crippen LogP contribution is 2.30. The zero-order chi connectivity index (χ0) is 9.38. The topological polar surface area (TPSA) is 25.8 Å². The largest absolute Gasteiger partial charge is 0.233 e. The first kappa shape index (κ1) is 7.68. The average molecular weight is 181 g/mol. The molecule has 0 aliphatic heterocycles. The third kappa shape index (κ3) is 1.04. The van der Waals surface area contributed by atoms with Gasteiger partial charge in [0.2, 0.25) is 0 Å². The summed E-state index contributed by atoms with van der Waals surface area (Å²) >= 11 is 0. The van der Waals surface area contributed by atoms with E-state index >= 15 is 0 Å². The maximum atomic E-state index is 4.22. The Hall–Kier alpha value is -1.70. The van der Waals surface area contributed by atoms with Crippen molar-refractivity contribution in [1.82, 2.24) is 9.97 Å². The van der Waals surface area contributed by atoms with Crippen LogP contribution in [0, 0.1) is 6.33 Å². The van der Waals surface area contributed by atoms with Crippen LogP contribution in [0.1, 0.15) is 11.1 Å². The predicted octanol–water partition coefficient (Wildman–Crippen LogP) is 2.04. The Labute approximate surface area is 82.7 Å². The maximum absolute atomic E-state index is 4.22. The van der Waals surface area contributed by atoms with E-state index in [0.29, 0.717) is 0 Å². The van der Waals surface area contributed by atoms with E-state index in [4.69, 9.17) is 0 Å². The number of fused-ring (bicyclic) bond motifs is 3. The second kappa shape index (κ2) is 2.91. The fourth-order valence-corrected chi connectivity index (χ4v) is 1.97. The summed E-state index contributed by atoms with van der Waals surface area (Å²) < 4.78 is 0. The minimum Gasteiger partial charge on any atom is -0.233 e. The van der Waals surface area contributed by atoms with Crippen LogP contribution < -0.4 is 0 Å². The van der Waals surface area contributed by atoms with Gasteiger partial charge in [-0.3, -0.25) is 0 Å². The molecule has 2 aromatic rings. The molecule has 1 aromatic heterocycles. The molecule has 0 atom stereocenters. The van der Waals surface area contributed by atoms with Gasteiger partial charge in [0.25, 0.3) is 0 Å². The van der Waals surface area contributed by atoms with Gasteiger partial charge in [0, 0.05) is 11.8 Å². The molecule has 0 bridgehead atoms. The molecule has 0 N–H and O–H groups in total. The van der Waals surface area contributed by atoms with Crippen molar-refractivity contribution in [3.63, 3.8) is 0 Å². The van der Waals surface area contributed by atoms with Crippen LogP contribution in [-0.2, 0) is 12.8 Å². The maximum Gasteiger partial charge on any atom is 0.198 e. The molecule has 0 spiro atoms. The average Bonchev–Trinajstić information content (AvgIpc) is 2.29. The Kier molecular flexibility index (Phi) is 1.60. The monoisotopic (exact) mass is 181 g/mol. The van der Waals surface area contributed by atoms with Gasteiger partial charge < -0.3 is 0 Å². The standard InChI is InChI=1S/C12H9N2/c1-2-4-11-9(3-1)5-6-10-7-13-8-14-12(10)11/h1-4,7H,5-6H2. The normalized spacial score (nSPS) is 13.1. The molecule has 1 heterocycles. The quantitative estimate of drug-likeness (QED) is 0.621. The van der Waals surface area contributed by atoms with Gasteiger partial charge in [0.05, 0.1) is 5.69 Å². The SMILES string of the molecule is [c]1ncc2c(n1)-c1ccccc1CC2. The molecular formula is C12H9N2. The first-order valence-electron chi connectivity index (χ1n) is 4.75. The summed E-state index contributed by atoms with van der Waals surface area (Å²) in [5, 5.41) is 0. The van der Waals surface area contributed by atoms with Gasteiger partial charge in [-0.05, 0) is 24.0 Å². The van der Waals surface area contributed by atoms with E-state index in [2.05, 4.69) is 40.6 Å². The van der Waals surface area contributed by atoms with Gasteiger partial charge in [-0.1, -0.05) is 24.3 Å². The Bertz CT molecular complexity index is 432. The van der Waals surface area contributed by atoms with Crippen molar-refractivity contribution >= 4 is 0 Å².